The predicted molar refractivity (Wildman–Crippen MR) is 79.2 cm³/mol. The molecule has 2 rings (SSSR count). The maximum Gasteiger partial charge on any atom is 0.0480 e. The molecule has 0 amide bonds. The maximum absolute atomic E-state index is 3.23. The van der Waals surface area contributed by atoms with Crippen molar-refractivity contribution in [2.24, 2.45) is 7.05 Å². The second kappa shape index (κ2) is 4.77. The summed E-state index contributed by atoms with van der Waals surface area (Å²) in [5, 5.41) is 4.63. The van der Waals surface area contributed by atoms with Gasteiger partial charge >= 0.3 is 0 Å². The predicted octanol–water partition coefficient (Wildman–Crippen LogP) is 3.24. The smallest absolute Gasteiger partial charge is 0.0480 e. The van der Waals surface area contributed by atoms with Gasteiger partial charge < -0.3 is 9.88 Å². The van der Waals surface area contributed by atoms with Gasteiger partial charge in [0.1, 0.15) is 0 Å². The normalized spacial score (nSPS) is 12.3. The largest absolute Gasteiger partial charge is 0.350 e. The maximum atomic E-state index is 3.23. The molecule has 0 saturated carbocycles. The molecular weight excluding hydrogens is 220 g/mol. The molecule has 0 bridgehead atoms. The summed E-state index contributed by atoms with van der Waals surface area (Å²) in [6.07, 6.45) is 3.34. The SMILES string of the molecule is CNCCc1cn(C)c2ccc(C(C)(C)C)cc12. The van der Waals surface area contributed by atoms with Gasteiger partial charge in [0.15, 0.2) is 0 Å². The number of benzene rings is 1. The average Bonchev–Trinajstić information content (AvgIpc) is 2.62. The summed E-state index contributed by atoms with van der Waals surface area (Å²) in [4.78, 5) is 0. The van der Waals surface area contributed by atoms with Crippen molar-refractivity contribution in [1.29, 1.82) is 0 Å². The highest BCUT2D eigenvalue weighted by Crippen LogP contribution is 2.28. The lowest BCUT2D eigenvalue weighted by Gasteiger charge is -2.19. The van der Waals surface area contributed by atoms with Crippen LogP contribution in [0.1, 0.15) is 31.9 Å². The first-order valence-corrected chi connectivity index (χ1v) is 6.66. The van der Waals surface area contributed by atoms with Crippen molar-refractivity contribution in [3.8, 4) is 0 Å². The van der Waals surface area contributed by atoms with Crippen LogP contribution < -0.4 is 5.32 Å². The Labute approximate surface area is 110 Å². The van der Waals surface area contributed by atoms with Crippen molar-refractivity contribution in [1.82, 2.24) is 9.88 Å². The van der Waals surface area contributed by atoms with E-state index >= 15 is 0 Å². The summed E-state index contributed by atoms with van der Waals surface area (Å²) in [6.45, 7) is 7.83. The highest BCUT2D eigenvalue weighted by molar-refractivity contribution is 5.85. The molecule has 0 aliphatic rings. The summed E-state index contributed by atoms with van der Waals surface area (Å²) in [5.41, 5.74) is 4.39. The van der Waals surface area contributed by atoms with Gasteiger partial charge in [-0.2, -0.15) is 0 Å². The molecule has 0 aliphatic carbocycles. The molecular formula is C16H24N2. The summed E-state index contributed by atoms with van der Waals surface area (Å²) >= 11 is 0. The van der Waals surface area contributed by atoms with Crippen molar-refractivity contribution < 1.29 is 0 Å². The van der Waals surface area contributed by atoms with Crippen LogP contribution in [0.3, 0.4) is 0 Å². The number of hydrogen-bond acceptors (Lipinski definition) is 1. The van der Waals surface area contributed by atoms with E-state index in [1.54, 1.807) is 0 Å². The van der Waals surface area contributed by atoms with E-state index < -0.39 is 0 Å². The van der Waals surface area contributed by atoms with E-state index in [0.717, 1.165) is 13.0 Å². The van der Waals surface area contributed by atoms with Gasteiger partial charge in [-0.3, -0.25) is 0 Å². The van der Waals surface area contributed by atoms with Crippen molar-refractivity contribution in [2.75, 3.05) is 13.6 Å². The molecule has 0 spiro atoms. The molecule has 2 nitrogen and oxygen atoms in total. The van der Waals surface area contributed by atoms with Gasteiger partial charge in [-0.25, -0.2) is 0 Å². The lowest BCUT2D eigenvalue weighted by molar-refractivity contribution is 0.591. The zero-order valence-electron chi connectivity index (χ0n) is 12.2. The first-order chi connectivity index (χ1) is 8.43. The third kappa shape index (κ3) is 2.44. The Morgan fingerprint density at radius 1 is 1.22 bits per heavy atom. The number of likely N-dealkylation sites (N-methyl/N-ethyl adjacent to an activating group) is 1. The Kier molecular flexibility index (Phi) is 3.49. The minimum Gasteiger partial charge on any atom is -0.350 e. The Hall–Kier alpha value is -1.28. The number of fused-ring (bicyclic) bond motifs is 1. The molecule has 0 unspecified atom stereocenters. The molecule has 1 heterocycles. The molecule has 0 fully saturated rings. The topological polar surface area (TPSA) is 17.0 Å². The highest BCUT2D eigenvalue weighted by atomic mass is 14.9. The molecule has 98 valence electrons. The van der Waals surface area contributed by atoms with Crippen LogP contribution >= 0.6 is 0 Å². The first-order valence-electron chi connectivity index (χ1n) is 6.66. The third-order valence-electron chi connectivity index (χ3n) is 3.58. The Balaban J connectivity index is 2.52. The fraction of sp³-hybridized carbons (Fsp3) is 0.500. The number of nitrogens with zero attached hydrogens (tertiary/aromatic N) is 1. The van der Waals surface area contributed by atoms with Gasteiger partial charge in [-0.1, -0.05) is 26.8 Å². The van der Waals surface area contributed by atoms with Crippen LogP contribution in [0.4, 0.5) is 0 Å². The van der Waals surface area contributed by atoms with Gasteiger partial charge in [0.25, 0.3) is 0 Å². The number of hydrogen-bond donors (Lipinski definition) is 1. The van der Waals surface area contributed by atoms with Crippen LogP contribution in [-0.2, 0) is 18.9 Å². The molecule has 2 heteroatoms. The average molecular weight is 244 g/mol. The Bertz CT molecular complexity index is 544. The fourth-order valence-electron chi connectivity index (χ4n) is 2.40. The van der Waals surface area contributed by atoms with Gasteiger partial charge in [0.05, 0.1) is 0 Å². The van der Waals surface area contributed by atoms with E-state index in [0.29, 0.717) is 0 Å². The van der Waals surface area contributed by atoms with E-state index in [1.165, 1.54) is 22.0 Å². The lowest BCUT2D eigenvalue weighted by Crippen LogP contribution is -2.11. The van der Waals surface area contributed by atoms with E-state index in [1.807, 2.05) is 7.05 Å². The van der Waals surface area contributed by atoms with Crippen molar-refractivity contribution in [3.05, 3.63) is 35.5 Å². The molecule has 1 aromatic carbocycles. The fourth-order valence-corrected chi connectivity index (χ4v) is 2.40. The second-order valence-electron chi connectivity index (χ2n) is 6.10. The van der Waals surface area contributed by atoms with Gasteiger partial charge in [0.2, 0.25) is 0 Å². The van der Waals surface area contributed by atoms with E-state index in [9.17, 15) is 0 Å². The Morgan fingerprint density at radius 3 is 2.56 bits per heavy atom. The number of aromatic nitrogens is 1. The molecule has 2 aromatic rings. The lowest BCUT2D eigenvalue weighted by atomic mass is 9.86. The number of aryl methyl sites for hydroxylation is 1. The van der Waals surface area contributed by atoms with Crippen LogP contribution in [0.25, 0.3) is 10.9 Å². The van der Waals surface area contributed by atoms with Crippen molar-refractivity contribution >= 4 is 10.9 Å². The summed E-state index contributed by atoms with van der Waals surface area (Å²) in [6, 6.07) is 6.86. The number of nitrogens with one attached hydrogen (secondary N) is 1. The second-order valence-corrected chi connectivity index (χ2v) is 6.10. The van der Waals surface area contributed by atoms with Crippen LogP contribution in [-0.4, -0.2) is 18.2 Å². The molecule has 1 N–H and O–H groups in total. The van der Waals surface area contributed by atoms with Crippen LogP contribution in [0.2, 0.25) is 0 Å². The van der Waals surface area contributed by atoms with Crippen LogP contribution in [0.15, 0.2) is 24.4 Å². The van der Waals surface area contributed by atoms with Crippen LogP contribution in [0, 0.1) is 0 Å². The standard InChI is InChI=1S/C16H24N2/c1-16(2,3)13-6-7-15-14(10-13)12(8-9-17-4)11-18(15)5/h6-7,10-11,17H,8-9H2,1-5H3. The zero-order valence-corrected chi connectivity index (χ0v) is 12.2. The van der Waals surface area contributed by atoms with E-state index in [2.05, 4.69) is 62.1 Å². The zero-order chi connectivity index (χ0) is 13.3. The first kappa shape index (κ1) is 13.2. The van der Waals surface area contributed by atoms with E-state index in [4.69, 9.17) is 0 Å². The molecule has 1 aromatic heterocycles. The molecule has 18 heavy (non-hydrogen) atoms. The van der Waals surface area contributed by atoms with Gasteiger partial charge in [-0.15, -0.1) is 0 Å². The molecule has 0 atom stereocenters. The van der Waals surface area contributed by atoms with Crippen LogP contribution in [0.5, 0.6) is 0 Å². The summed E-state index contributed by atoms with van der Waals surface area (Å²) < 4.78 is 2.23. The van der Waals surface area contributed by atoms with Gasteiger partial charge in [-0.05, 0) is 48.7 Å². The molecule has 0 saturated heterocycles. The van der Waals surface area contributed by atoms with Crippen molar-refractivity contribution in [2.45, 2.75) is 32.6 Å². The van der Waals surface area contributed by atoms with Gasteiger partial charge in [0, 0.05) is 24.1 Å². The minimum absolute atomic E-state index is 0.213. The summed E-state index contributed by atoms with van der Waals surface area (Å²) in [5.74, 6) is 0. The summed E-state index contributed by atoms with van der Waals surface area (Å²) in [7, 11) is 4.13. The van der Waals surface area contributed by atoms with Crippen molar-refractivity contribution in [3.63, 3.8) is 0 Å². The quantitative estimate of drug-likeness (QED) is 0.877. The van der Waals surface area contributed by atoms with E-state index in [-0.39, 0.29) is 5.41 Å². The minimum atomic E-state index is 0.213. The Morgan fingerprint density at radius 2 is 1.94 bits per heavy atom. The molecule has 0 aliphatic heterocycles. The third-order valence-corrected chi connectivity index (χ3v) is 3.58. The highest BCUT2D eigenvalue weighted by Gasteiger charge is 2.15. The number of rotatable bonds is 3. The monoisotopic (exact) mass is 244 g/mol. The molecule has 0 radical (unpaired) electrons.